The molecule has 0 fully saturated rings. The van der Waals surface area contributed by atoms with Crippen molar-refractivity contribution in [3.8, 4) is 5.75 Å². The van der Waals surface area contributed by atoms with Crippen LogP contribution in [0, 0.1) is 0 Å². The highest BCUT2D eigenvalue weighted by Crippen LogP contribution is 2.16. The standard InChI is InChI=1S/C17H23N3OS/c1-13(2)21-15-8-6-14(7-9-15)20-17(18-3)19-11-10-16-5-4-12-22-16/h4-9,12-13H,10-11H2,1-3H3,(H2,18,19,20). The normalized spacial score (nSPS) is 11.5. The van der Waals surface area contributed by atoms with Crippen LogP contribution in [0.15, 0.2) is 46.8 Å². The van der Waals surface area contributed by atoms with Gasteiger partial charge in [0.1, 0.15) is 5.75 Å². The molecule has 0 saturated carbocycles. The molecule has 0 amide bonds. The van der Waals surface area contributed by atoms with Crippen molar-refractivity contribution in [2.24, 2.45) is 4.99 Å². The van der Waals surface area contributed by atoms with Crippen LogP contribution < -0.4 is 15.4 Å². The molecule has 0 aliphatic heterocycles. The van der Waals surface area contributed by atoms with Gasteiger partial charge in [-0.25, -0.2) is 0 Å². The average Bonchev–Trinajstić information content (AvgIpc) is 3.01. The second-order valence-electron chi connectivity index (χ2n) is 5.14. The molecule has 0 spiro atoms. The summed E-state index contributed by atoms with van der Waals surface area (Å²) in [6, 6.07) is 12.1. The highest BCUT2D eigenvalue weighted by atomic mass is 32.1. The zero-order chi connectivity index (χ0) is 15.8. The van der Waals surface area contributed by atoms with E-state index in [2.05, 4.69) is 33.1 Å². The van der Waals surface area contributed by atoms with Gasteiger partial charge >= 0.3 is 0 Å². The average molecular weight is 317 g/mol. The van der Waals surface area contributed by atoms with Crippen LogP contribution in [0.1, 0.15) is 18.7 Å². The van der Waals surface area contributed by atoms with E-state index in [9.17, 15) is 0 Å². The van der Waals surface area contributed by atoms with Crippen molar-refractivity contribution >= 4 is 23.0 Å². The van der Waals surface area contributed by atoms with Crippen molar-refractivity contribution in [3.63, 3.8) is 0 Å². The molecule has 1 heterocycles. The van der Waals surface area contributed by atoms with E-state index in [-0.39, 0.29) is 6.10 Å². The van der Waals surface area contributed by atoms with Crippen LogP contribution in [0.4, 0.5) is 5.69 Å². The SMILES string of the molecule is CN=C(NCCc1cccs1)Nc1ccc(OC(C)C)cc1. The first-order valence-corrected chi connectivity index (χ1v) is 8.32. The topological polar surface area (TPSA) is 45.7 Å². The summed E-state index contributed by atoms with van der Waals surface area (Å²) < 4.78 is 5.63. The third-order valence-electron chi connectivity index (χ3n) is 2.96. The number of nitrogens with one attached hydrogen (secondary N) is 2. The maximum atomic E-state index is 5.63. The van der Waals surface area contributed by atoms with Gasteiger partial charge in [0, 0.05) is 24.2 Å². The van der Waals surface area contributed by atoms with Crippen molar-refractivity contribution in [3.05, 3.63) is 46.7 Å². The molecule has 0 aliphatic rings. The van der Waals surface area contributed by atoms with E-state index in [1.807, 2.05) is 38.1 Å². The molecule has 5 heteroatoms. The molecule has 0 aliphatic carbocycles. The predicted molar refractivity (Wildman–Crippen MR) is 95.2 cm³/mol. The molecule has 1 aromatic carbocycles. The summed E-state index contributed by atoms with van der Waals surface area (Å²) in [6.45, 7) is 4.89. The molecule has 1 aromatic heterocycles. The van der Waals surface area contributed by atoms with Gasteiger partial charge < -0.3 is 15.4 Å². The minimum atomic E-state index is 0.186. The maximum absolute atomic E-state index is 5.63. The van der Waals surface area contributed by atoms with Gasteiger partial charge in [-0.05, 0) is 56.0 Å². The minimum Gasteiger partial charge on any atom is -0.491 e. The number of anilines is 1. The molecule has 0 radical (unpaired) electrons. The maximum Gasteiger partial charge on any atom is 0.195 e. The lowest BCUT2D eigenvalue weighted by molar-refractivity contribution is 0.242. The predicted octanol–water partition coefficient (Wildman–Crippen LogP) is 3.77. The molecule has 0 atom stereocenters. The second-order valence-corrected chi connectivity index (χ2v) is 6.18. The van der Waals surface area contributed by atoms with E-state index in [4.69, 9.17) is 4.74 Å². The molecule has 0 unspecified atom stereocenters. The number of benzene rings is 1. The van der Waals surface area contributed by atoms with Crippen molar-refractivity contribution in [2.75, 3.05) is 18.9 Å². The summed E-state index contributed by atoms with van der Waals surface area (Å²) >= 11 is 1.78. The van der Waals surface area contributed by atoms with Crippen LogP contribution in [-0.4, -0.2) is 25.7 Å². The second kappa shape index (κ2) is 8.44. The molecular formula is C17H23N3OS. The van der Waals surface area contributed by atoms with Crippen LogP contribution in [0.5, 0.6) is 5.75 Å². The number of thiophene rings is 1. The molecule has 118 valence electrons. The quantitative estimate of drug-likeness (QED) is 0.630. The molecule has 0 bridgehead atoms. The molecular weight excluding hydrogens is 294 g/mol. The number of aliphatic imine (C=N–C) groups is 1. The number of hydrogen-bond donors (Lipinski definition) is 2. The Morgan fingerprint density at radius 1 is 1.23 bits per heavy atom. The summed E-state index contributed by atoms with van der Waals surface area (Å²) in [5.41, 5.74) is 0.986. The van der Waals surface area contributed by atoms with E-state index in [0.29, 0.717) is 0 Å². The van der Waals surface area contributed by atoms with Gasteiger partial charge in [-0.1, -0.05) is 6.07 Å². The fraction of sp³-hybridized carbons (Fsp3) is 0.353. The Morgan fingerprint density at radius 2 is 2.00 bits per heavy atom. The summed E-state index contributed by atoms with van der Waals surface area (Å²) in [4.78, 5) is 5.61. The highest BCUT2D eigenvalue weighted by molar-refractivity contribution is 7.09. The van der Waals surface area contributed by atoms with Gasteiger partial charge in [-0.2, -0.15) is 0 Å². The zero-order valence-corrected chi connectivity index (χ0v) is 14.1. The first-order chi connectivity index (χ1) is 10.7. The van der Waals surface area contributed by atoms with E-state index in [1.165, 1.54) is 4.88 Å². The Labute approximate surface area is 136 Å². The summed E-state index contributed by atoms with van der Waals surface area (Å²) in [5.74, 6) is 1.65. The number of guanidine groups is 1. The number of hydrogen-bond acceptors (Lipinski definition) is 3. The minimum absolute atomic E-state index is 0.186. The Morgan fingerprint density at radius 3 is 2.59 bits per heavy atom. The fourth-order valence-corrected chi connectivity index (χ4v) is 2.67. The molecule has 4 nitrogen and oxygen atoms in total. The van der Waals surface area contributed by atoms with Crippen LogP contribution >= 0.6 is 11.3 Å². The van der Waals surface area contributed by atoms with Crippen LogP contribution in [0.3, 0.4) is 0 Å². The smallest absolute Gasteiger partial charge is 0.195 e. The highest BCUT2D eigenvalue weighted by Gasteiger charge is 2.01. The molecule has 2 rings (SSSR count). The first-order valence-electron chi connectivity index (χ1n) is 7.44. The number of nitrogens with zero attached hydrogens (tertiary/aromatic N) is 1. The number of ether oxygens (including phenoxy) is 1. The van der Waals surface area contributed by atoms with Crippen LogP contribution in [-0.2, 0) is 6.42 Å². The molecule has 2 aromatic rings. The largest absolute Gasteiger partial charge is 0.491 e. The Hall–Kier alpha value is -2.01. The summed E-state index contributed by atoms with van der Waals surface area (Å²) in [7, 11) is 1.77. The lowest BCUT2D eigenvalue weighted by atomic mass is 10.3. The van der Waals surface area contributed by atoms with Gasteiger partial charge in [0.2, 0.25) is 0 Å². The Kier molecular flexibility index (Phi) is 6.27. The van der Waals surface area contributed by atoms with Crippen molar-refractivity contribution in [2.45, 2.75) is 26.4 Å². The van der Waals surface area contributed by atoms with Crippen molar-refractivity contribution in [1.29, 1.82) is 0 Å². The first kappa shape index (κ1) is 16.4. The van der Waals surface area contributed by atoms with Gasteiger partial charge in [-0.15, -0.1) is 11.3 Å². The van der Waals surface area contributed by atoms with Crippen molar-refractivity contribution < 1.29 is 4.74 Å². The fourth-order valence-electron chi connectivity index (χ4n) is 1.96. The third kappa shape index (κ3) is 5.41. The summed E-state index contributed by atoms with van der Waals surface area (Å²) in [6.07, 6.45) is 1.19. The Bertz CT molecular complexity index is 576. The van der Waals surface area contributed by atoms with Crippen molar-refractivity contribution in [1.82, 2.24) is 5.32 Å². The lowest BCUT2D eigenvalue weighted by Crippen LogP contribution is -2.32. The van der Waals surface area contributed by atoms with E-state index < -0.39 is 0 Å². The Balaban J connectivity index is 1.82. The van der Waals surface area contributed by atoms with E-state index in [1.54, 1.807) is 18.4 Å². The molecule has 2 N–H and O–H groups in total. The molecule has 0 saturated heterocycles. The summed E-state index contributed by atoms with van der Waals surface area (Å²) in [5, 5.41) is 8.69. The lowest BCUT2D eigenvalue weighted by Gasteiger charge is -2.13. The number of rotatable bonds is 6. The van der Waals surface area contributed by atoms with Crippen LogP contribution in [0.25, 0.3) is 0 Å². The van der Waals surface area contributed by atoms with Gasteiger partial charge in [-0.3, -0.25) is 4.99 Å². The third-order valence-corrected chi connectivity index (χ3v) is 3.89. The monoisotopic (exact) mass is 317 g/mol. The zero-order valence-electron chi connectivity index (χ0n) is 13.3. The van der Waals surface area contributed by atoms with Gasteiger partial charge in [0.05, 0.1) is 6.10 Å². The van der Waals surface area contributed by atoms with Crippen LogP contribution in [0.2, 0.25) is 0 Å². The van der Waals surface area contributed by atoms with E-state index in [0.717, 1.165) is 30.4 Å². The van der Waals surface area contributed by atoms with E-state index >= 15 is 0 Å². The van der Waals surface area contributed by atoms with Gasteiger partial charge in [0.25, 0.3) is 0 Å². The molecule has 22 heavy (non-hydrogen) atoms. The van der Waals surface area contributed by atoms with Gasteiger partial charge in [0.15, 0.2) is 5.96 Å².